The molecule has 0 aromatic heterocycles. The largest absolute Gasteiger partial charge is 0.508 e. The van der Waals surface area contributed by atoms with Crippen molar-refractivity contribution in [2.24, 2.45) is 0 Å². The van der Waals surface area contributed by atoms with Gasteiger partial charge in [0.1, 0.15) is 12.4 Å². The normalized spacial score (nSPS) is 10.5. The Morgan fingerprint density at radius 2 is 1.74 bits per heavy atom. The first-order valence-electron chi connectivity index (χ1n) is 5.93. The minimum absolute atomic E-state index is 0.125. The molecule has 19 heavy (non-hydrogen) atoms. The van der Waals surface area contributed by atoms with Gasteiger partial charge in [-0.25, -0.2) is 4.79 Å². The highest BCUT2D eigenvalue weighted by Gasteiger charge is 2.05. The zero-order valence-electron chi connectivity index (χ0n) is 10.3. The molecular formula is C16H14O3. The Labute approximate surface area is 111 Å². The molecular weight excluding hydrogens is 240 g/mol. The fraction of sp³-hybridized carbons (Fsp3) is 0.0625. The highest BCUT2D eigenvalue weighted by atomic mass is 16.5. The summed E-state index contributed by atoms with van der Waals surface area (Å²) in [6.07, 6.45) is 3.68. The molecule has 2 rings (SSSR count). The van der Waals surface area contributed by atoms with Gasteiger partial charge >= 0.3 is 5.97 Å². The molecule has 2 aromatic rings. The van der Waals surface area contributed by atoms with Gasteiger partial charge < -0.3 is 9.84 Å². The number of phenolic OH excluding ortho intramolecular Hbond substituents is 1. The van der Waals surface area contributed by atoms with Crippen molar-refractivity contribution in [2.75, 3.05) is 6.61 Å². The van der Waals surface area contributed by atoms with Gasteiger partial charge in [0, 0.05) is 0 Å². The molecule has 0 radical (unpaired) electrons. The average Bonchev–Trinajstić information content (AvgIpc) is 2.45. The van der Waals surface area contributed by atoms with E-state index in [1.54, 1.807) is 6.08 Å². The van der Waals surface area contributed by atoms with Crippen molar-refractivity contribution in [1.29, 1.82) is 0 Å². The SMILES string of the molecule is O=C(OC/C=C/c1ccccc1)c1ccc(O)cc1. The topological polar surface area (TPSA) is 46.5 Å². The summed E-state index contributed by atoms with van der Waals surface area (Å²) in [6, 6.07) is 15.7. The lowest BCUT2D eigenvalue weighted by atomic mass is 10.2. The predicted octanol–water partition coefficient (Wildman–Crippen LogP) is 3.26. The summed E-state index contributed by atoms with van der Waals surface area (Å²) in [5.41, 5.74) is 1.48. The molecule has 0 saturated carbocycles. The first-order chi connectivity index (χ1) is 9.25. The molecule has 3 heteroatoms. The first kappa shape index (κ1) is 12.9. The third kappa shape index (κ3) is 4.00. The molecule has 2 aromatic carbocycles. The molecule has 0 heterocycles. The molecule has 0 bridgehead atoms. The number of benzene rings is 2. The smallest absolute Gasteiger partial charge is 0.338 e. The molecule has 0 atom stereocenters. The van der Waals surface area contributed by atoms with Crippen LogP contribution in [-0.2, 0) is 4.74 Å². The maximum Gasteiger partial charge on any atom is 0.338 e. The van der Waals surface area contributed by atoms with Crippen LogP contribution in [0.5, 0.6) is 5.75 Å². The van der Waals surface area contributed by atoms with Gasteiger partial charge in [-0.3, -0.25) is 0 Å². The van der Waals surface area contributed by atoms with Crippen LogP contribution in [0.15, 0.2) is 60.7 Å². The molecule has 0 aliphatic carbocycles. The van der Waals surface area contributed by atoms with Crippen LogP contribution in [0, 0.1) is 0 Å². The van der Waals surface area contributed by atoms with Crippen molar-refractivity contribution in [2.45, 2.75) is 0 Å². The summed E-state index contributed by atoms with van der Waals surface area (Å²) in [4.78, 5) is 11.6. The van der Waals surface area contributed by atoms with E-state index in [-0.39, 0.29) is 12.4 Å². The van der Waals surface area contributed by atoms with Gasteiger partial charge in [0.25, 0.3) is 0 Å². The summed E-state index contributed by atoms with van der Waals surface area (Å²) in [7, 11) is 0. The first-order valence-corrected chi connectivity index (χ1v) is 5.93. The Hall–Kier alpha value is -2.55. The van der Waals surface area contributed by atoms with Crippen LogP contribution in [0.25, 0.3) is 6.08 Å². The number of hydrogen-bond acceptors (Lipinski definition) is 3. The van der Waals surface area contributed by atoms with E-state index >= 15 is 0 Å². The van der Waals surface area contributed by atoms with E-state index in [0.717, 1.165) is 5.56 Å². The lowest BCUT2D eigenvalue weighted by molar-refractivity contribution is 0.0550. The quantitative estimate of drug-likeness (QED) is 0.852. The molecule has 3 nitrogen and oxygen atoms in total. The Morgan fingerprint density at radius 3 is 2.42 bits per heavy atom. The number of esters is 1. The molecule has 0 spiro atoms. The molecule has 0 saturated heterocycles. The van der Waals surface area contributed by atoms with Crippen molar-refractivity contribution in [3.8, 4) is 5.75 Å². The number of phenols is 1. The standard InChI is InChI=1S/C16H14O3/c17-15-10-8-14(9-11-15)16(18)19-12-4-7-13-5-2-1-3-6-13/h1-11,17H,12H2/b7-4+. The second-order valence-corrected chi connectivity index (χ2v) is 3.96. The lowest BCUT2D eigenvalue weighted by Gasteiger charge is -2.01. The average molecular weight is 254 g/mol. The maximum absolute atomic E-state index is 11.6. The third-order valence-corrected chi connectivity index (χ3v) is 2.52. The zero-order chi connectivity index (χ0) is 13.5. The van der Waals surface area contributed by atoms with Crippen LogP contribution in [-0.4, -0.2) is 17.7 Å². The van der Waals surface area contributed by atoms with E-state index in [4.69, 9.17) is 9.84 Å². The molecule has 0 unspecified atom stereocenters. The summed E-state index contributed by atoms with van der Waals surface area (Å²) >= 11 is 0. The summed E-state index contributed by atoms with van der Waals surface area (Å²) in [5, 5.41) is 9.12. The summed E-state index contributed by atoms with van der Waals surface area (Å²) in [6.45, 7) is 0.217. The summed E-state index contributed by atoms with van der Waals surface area (Å²) in [5.74, 6) is -0.279. The number of aromatic hydroxyl groups is 1. The van der Waals surface area contributed by atoms with Crippen molar-refractivity contribution in [3.63, 3.8) is 0 Å². The third-order valence-electron chi connectivity index (χ3n) is 2.52. The predicted molar refractivity (Wildman–Crippen MR) is 73.9 cm³/mol. The molecule has 0 aliphatic rings. The van der Waals surface area contributed by atoms with Crippen molar-refractivity contribution >= 4 is 12.0 Å². The van der Waals surface area contributed by atoms with E-state index in [9.17, 15) is 4.79 Å². The van der Waals surface area contributed by atoms with Crippen LogP contribution in [0.1, 0.15) is 15.9 Å². The monoisotopic (exact) mass is 254 g/mol. The molecule has 0 fully saturated rings. The fourth-order valence-electron chi connectivity index (χ4n) is 1.55. The number of ether oxygens (including phenoxy) is 1. The molecule has 1 N–H and O–H groups in total. The van der Waals surface area contributed by atoms with Gasteiger partial charge in [-0.1, -0.05) is 36.4 Å². The number of carbonyl (C=O) groups is 1. The molecule has 96 valence electrons. The highest BCUT2D eigenvalue weighted by Crippen LogP contribution is 2.10. The number of carbonyl (C=O) groups excluding carboxylic acids is 1. The van der Waals surface area contributed by atoms with Crippen LogP contribution < -0.4 is 0 Å². The van der Waals surface area contributed by atoms with E-state index in [2.05, 4.69) is 0 Å². The Kier molecular flexibility index (Phi) is 4.34. The zero-order valence-corrected chi connectivity index (χ0v) is 10.3. The van der Waals surface area contributed by atoms with E-state index in [0.29, 0.717) is 5.56 Å². The van der Waals surface area contributed by atoms with Crippen LogP contribution in [0.3, 0.4) is 0 Å². The van der Waals surface area contributed by atoms with Gasteiger partial charge in [0.15, 0.2) is 0 Å². The fourth-order valence-corrected chi connectivity index (χ4v) is 1.55. The van der Waals surface area contributed by atoms with Gasteiger partial charge in [-0.2, -0.15) is 0 Å². The molecule has 0 aliphatic heterocycles. The van der Waals surface area contributed by atoms with E-state index < -0.39 is 5.97 Å². The van der Waals surface area contributed by atoms with Gasteiger partial charge in [-0.15, -0.1) is 0 Å². The minimum Gasteiger partial charge on any atom is -0.508 e. The Bertz CT molecular complexity index is 556. The number of rotatable bonds is 4. The van der Waals surface area contributed by atoms with Gasteiger partial charge in [0.05, 0.1) is 5.56 Å². The van der Waals surface area contributed by atoms with Crippen LogP contribution in [0.2, 0.25) is 0 Å². The van der Waals surface area contributed by atoms with E-state index in [1.165, 1.54) is 24.3 Å². The second kappa shape index (κ2) is 6.40. The van der Waals surface area contributed by atoms with Crippen LogP contribution in [0.4, 0.5) is 0 Å². The maximum atomic E-state index is 11.6. The summed E-state index contributed by atoms with van der Waals surface area (Å²) < 4.78 is 5.08. The van der Waals surface area contributed by atoms with Crippen molar-refractivity contribution < 1.29 is 14.6 Å². The Morgan fingerprint density at radius 1 is 1.05 bits per heavy atom. The van der Waals surface area contributed by atoms with Crippen LogP contribution >= 0.6 is 0 Å². The molecule has 0 amide bonds. The number of hydrogen-bond donors (Lipinski definition) is 1. The lowest BCUT2D eigenvalue weighted by Crippen LogP contribution is -2.04. The minimum atomic E-state index is -0.405. The van der Waals surface area contributed by atoms with Gasteiger partial charge in [0.2, 0.25) is 0 Å². The van der Waals surface area contributed by atoms with Crippen molar-refractivity contribution in [3.05, 3.63) is 71.8 Å². The Balaban J connectivity index is 1.84. The second-order valence-electron chi connectivity index (χ2n) is 3.96. The highest BCUT2D eigenvalue weighted by molar-refractivity contribution is 5.89. The van der Waals surface area contributed by atoms with Gasteiger partial charge in [-0.05, 0) is 35.9 Å². The van der Waals surface area contributed by atoms with E-state index in [1.807, 2.05) is 36.4 Å². The van der Waals surface area contributed by atoms with Crippen molar-refractivity contribution in [1.82, 2.24) is 0 Å².